The van der Waals surface area contributed by atoms with E-state index in [2.05, 4.69) is 10.3 Å². The second kappa shape index (κ2) is 7.78. The van der Waals surface area contributed by atoms with Gasteiger partial charge in [0.1, 0.15) is 23.4 Å². The van der Waals surface area contributed by atoms with Crippen LogP contribution in [0.25, 0.3) is 11.0 Å². The number of benzene rings is 2. The molecular formula is C19H18N4O5. The van der Waals surface area contributed by atoms with Crippen LogP contribution in [-0.2, 0) is 11.3 Å². The van der Waals surface area contributed by atoms with Crippen LogP contribution in [0.15, 0.2) is 42.5 Å². The number of nitrogens with two attached hydrogens (primary N) is 1. The summed E-state index contributed by atoms with van der Waals surface area (Å²) in [6.45, 7) is -0.246. The summed E-state index contributed by atoms with van der Waals surface area (Å²) in [4.78, 5) is 39.6. The number of amides is 2. The standard InChI is InChI=1S/C19H18N4O5/c1-28-13-8-7-12-16(15(13)19(27)21-9-14(24)25)22-18(17(20)26)23(12)10-11-5-3-2-4-6-11/h2-8H,9-10H2,1H3,(H2,20,26)(H,21,27)(H,24,25). The monoisotopic (exact) mass is 382 g/mol. The summed E-state index contributed by atoms with van der Waals surface area (Å²) in [6.07, 6.45) is 0. The Labute approximate surface area is 159 Å². The summed E-state index contributed by atoms with van der Waals surface area (Å²) < 4.78 is 6.85. The van der Waals surface area contributed by atoms with Crippen LogP contribution in [0.3, 0.4) is 0 Å². The highest BCUT2D eigenvalue weighted by Gasteiger charge is 2.24. The predicted molar refractivity (Wildman–Crippen MR) is 100 cm³/mol. The molecule has 0 aliphatic carbocycles. The van der Waals surface area contributed by atoms with Gasteiger partial charge in [-0.15, -0.1) is 0 Å². The molecular weight excluding hydrogens is 364 g/mol. The number of carbonyl (C=O) groups is 3. The molecule has 3 aromatic rings. The molecule has 4 N–H and O–H groups in total. The molecule has 2 amide bonds. The minimum atomic E-state index is -1.19. The topological polar surface area (TPSA) is 137 Å². The van der Waals surface area contributed by atoms with E-state index >= 15 is 0 Å². The quantitative estimate of drug-likeness (QED) is 0.558. The normalized spacial score (nSPS) is 10.6. The lowest BCUT2D eigenvalue weighted by Crippen LogP contribution is -2.29. The van der Waals surface area contributed by atoms with Crippen LogP contribution in [0.2, 0.25) is 0 Å². The molecule has 0 fully saturated rings. The zero-order valence-electron chi connectivity index (χ0n) is 15.0. The number of primary amides is 1. The number of ether oxygens (including phenoxy) is 1. The van der Waals surface area contributed by atoms with Gasteiger partial charge in [-0.25, -0.2) is 4.98 Å². The van der Waals surface area contributed by atoms with E-state index in [-0.39, 0.29) is 22.7 Å². The van der Waals surface area contributed by atoms with Crippen molar-refractivity contribution in [3.05, 3.63) is 59.4 Å². The molecule has 1 heterocycles. The Bertz CT molecular complexity index is 1060. The maximum absolute atomic E-state index is 12.6. The number of hydrogen-bond acceptors (Lipinski definition) is 5. The van der Waals surface area contributed by atoms with Crippen molar-refractivity contribution in [1.29, 1.82) is 0 Å². The van der Waals surface area contributed by atoms with Gasteiger partial charge in [-0.1, -0.05) is 30.3 Å². The van der Waals surface area contributed by atoms with E-state index in [1.807, 2.05) is 30.3 Å². The number of hydrogen-bond donors (Lipinski definition) is 3. The lowest BCUT2D eigenvalue weighted by atomic mass is 10.1. The second-order valence-electron chi connectivity index (χ2n) is 5.96. The molecule has 0 bridgehead atoms. The Hall–Kier alpha value is -3.88. The Morgan fingerprint density at radius 3 is 2.50 bits per heavy atom. The van der Waals surface area contributed by atoms with Crippen molar-refractivity contribution in [1.82, 2.24) is 14.9 Å². The van der Waals surface area contributed by atoms with E-state index in [0.29, 0.717) is 12.1 Å². The average molecular weight is 382 g/mol. The molecule has 0 saturated carbocycles. The fourth-order valence-corrected chi connectivity index (χ4v) is 2.92. The molecule has 0 atom stereocenters. The number of aromatic nitrogens is 2. The van der Waals surface area contributed by atoms with Crippen LogP contribution in [-0.4, -0.2) is 46.1 Å². The molecule has 0 unspecified atom stereocenters. The maximum atomic E-state index is 12.6. The Kier molecular flexibility index (Phi) is 5.25. The fraction of sp³-hybridized carbons (Fsp3) is 0.158. The first-order chi connectivity index (χ1) is 13.4. The average Bonchev–Trinajstić information content (AvgIpc) is 3.04. The van der Waals surface area contributed by atoms with Crippen LogP contribution < -0.4 is 15.8 Å². The van der Waals surface area contributed by atoms with E-state index in [4.69, 9.17) is 15.6 Å². The molecule has 3 rings (SSSR count). The van der Waals surface area contributed by atoms with E-state index in [9.17, 15) is 14.4 Å². The first kappa shape index (κ1) is 18.9. The SMILES string of the molecule is COc1ccc2c(nc(C(N)=O)n2Cc2ccccc2)c1C(=O)NCC(=O)O. The first-order valence-corrected chi connectivity index (χ1v) is 8.33. The van der Waals surface area contributed by atoms with E-state index in [1.54, 1.807) is 16.7 Å². The number of rotatable bonds is 7. The number of nitrogens with zero attached hydrogens (tertiary/aromatic N) is 2. The Balaban J connectivity index is 2.17. The number of carboxylic acid groups (broad SMARTS) is 1. The van der Waals surface area contributed by atoms with Gasteiger partial charge in [0.25, 0.3) is 11.8 Å². The smallest absolute Gasteiger partial charge is 0.322 e. The van der Waals surface area contributed by atoms with Crippen LogP contribution >= 0.6 is 0 Å². The Morgan fingerprint density at radius 1 is 1.18 bits per heavy atom. The van der Waals surface area contributed by atoms with Gasteiger partial charge in [-0.2, -0.15) is 0 Å². The molecule has 9 heteroatoms. The number of nitrogens with one attached hydrogen (secondary N) is 1. The highest BCUT2D eigenvalue weighted by molar-refractivity contribution is 6.09. The van der Waals surface area contributed by atoms with Gasteiger partial charge in [-0.05, 0) is 17.7 Å². The fourth-order valence-electron chi connectivity index (χ4n) is 2.92. The zero-order valence-corrected chi connectivity index (χ0v) is 15.0. The van der Waals surface area contributed by atoms with Crippen molar-refractivity contribution in [3.8, 4) is 5.75 Å². The second-order valence-corrected chi connectivity index (χ2v) is 5.96. The van der Waals surface area contributed by atoms with E-state index in [1.165, 1.54) is 7.11 Å². The lowest BCUT2D eigenvalue weighted by molar-refractivity contribution is -0.135. The van der Waals surface area contributed by atoms with Crippen molar-refractivity contribution in [2.24, 2.45) is 5.73 Å². The van der Waals surface area contributed by atoms with Crippen LogP contribution in [0.4, 0.5) is 0 Å². The van der Waals surface area contributed by atoms with Crippen molar-refractivity contribution >= 4 is 28.8 Å². The van der Waals surface area contributed by atoms with Crippen molar-refractivity contribution in [3.63, 3.8) is 0 Å². The number of imidazole rings is 1. The first-order valence-electron chi connectivity index (χ1n) is 8.33. The van der Waals surface area contributed by atoms with Crippen LogP contribution in [0.5, 0.6) is 5.75 Å². The minimum Gasteiger partial charge on any atom is -0.496 e. The molecule has 2 aromatic carbocycles. The van der Waals surface area contributed by atoms with Crippen LogP contribution in [0.1, 0.15) is 26.5 Å². The predicted octanol–water partition coefficient (Wildman–Crippen LogP) is 1.01. The maximum Gasteiger partial charge on any atom is 0.322 e. The van der Waals surface area contributed by atoms with Gasteiger partial charge in [0.15, 0.2) is 5.82 Å². The highest BCUT2D eigenvalue weighted by Crippen LogP contribution is 2.29. The summed E-state index contributed by atoms with van der Waals surface area (Å²) in [7, 11) is 1.38. The number of methoxy groups -OCH3 is 1. The third-order valence-corrected chi connectivity index (χ3v) is 4.13. The molecule has 0 radical (unpaired) electrons. The summed E-state index contributed by atoms with van der Waals surface area (Å²) in [6, 6.07) is 12.6. The number of carboxylic acids is 1. The molecule has 1 aromatic heterocycles. The van der Waals surface area contributed by atoms with E-state index < -0.39 is 24.3 Å². The molecule has 144 valence electrons. The molecule has 9 nitrogen and oxygen atoms in total. The lowest BCUT2D eigenvalue weighted by Gasteiger charge is -2.11. The van der Waals surface area contributed by atoms with Crippen molar-refractivity contribution in [2.75, 3.05) is 13.7 Å². The third-order valence-electron chi connectivity index (χ3n) is 4.13. The largest absolute Gasteiger partial charge is 0.496 e. The molecule has 0 aliphatic heterocycles. The van der Waals surface area contributed by atoms with E-state index in [0.717, 1.165) is 5.56 Å². The summed E-state index contributed by atoms with van der Waals surface area (Å²) in [5.74, 6) is -2.42. The molecule has 28 heavy (non-hydrogen) atoms. The zero-order chi connectivity index (χ0) is 20.3. The molecule has 0 saturated heterocycles. The minimum absolute atomic E-state index is 0.0145. The summed E-state index contributed by atoms with van der Waals surface area (Å²) >= 11 is 0. The Morgan fingerprint density at radius 2 is 1.89 bits per heavy atom. The van der Waals surface area contributed by atoms with Gasteiger partial charge in [0.2, 0.25) is 0 Å². The summed E-state index contributed by atoms with van der Waals surface area (Å²) in [5.41, 5.74) is 7.15. The van der Waals surface area contributed by atoms with Gasteiger partial charge < -0.3 is 25.5 Å². The summed E-state index contributed by atoms with van der Waals surface area (Å²) in [5, 5.41) is 11.1. The van der Waals surface area contributed by atoms with Gasteiger partial charge >= 0.3 is 5.97 Å². The molecule has 0 spiro atoms. The van der Waals surface area contributed by atoms with Gasteiger partial charge in [0, 0.05) is 6.54 Å². The third kappa shape index (κ3) is 3.63. The van der Waals surface area contributed by atoms with Crippen molar-refractivity contribution in [2.45, 2.75) is 6.54 Å². The number of aliphatic carboxylic acids is 1. The van der Waals surface area contributed by atoms with Gasteiger partial charge in [0.05, 0.1) is 12.6 Å². The number of fused-ring (bicyclic) bond motifs is 1. The number of carbonyl (C=O) groups excluding carboxylic acids is 2. The van der Waals surface area contributed by atoms with Crippen molar-refractivity contribution < 1.29 is 24.2 Å². The van der Waals surface area contributed by atoms with Crippen LogP contribution in [0, 0.1) is 0 Å². The highest BCUT2D eigenvalue weighted by atomic mass is 16.5. The molecule has 0 aliphatic rings. The van der Waals surface area contributed by atoms with Gasteiger partial charge in [-0.3, -0.25) is 14.4 Å².